The number of nitrogens with one attached hydrogen (secondary N) is 1. The molecule has 1 aliphatic heterocycles. The molecule has 1 atom stereocenters. The van der Waals surface area contributed by atoms with Gasteiger partial charge in [-0.1, -0.05) is 29.2 Å². The fourth-order valence-corrected chi connectivity index (χ4v) is 1.22. The molecule has 1 aliphatic rings. The van der Waals surface area contributed by atoms with Crippen molar-refractivity contribution in [2.75, 3.05) is 13.1 Å². The second kappa shape index (κ2) is 1.99. The molecule has 1 N–H and O–H groups in total. The van der Waals surface area contributed by atoms with Gasteiger partial charge in [0, 0.05) is 13.1 Å². The first-order valence-corrected chi connectivity index (χ1v) is 3.79. The molecule has 0 aliphatic carbocycles. The van der Waals surface area contributed by atoms with Gasteiger partial charge in [-0.05, 0) is 12.5 Å². The molecule has 8 heavy (non-hydrogen) atoms. The van der Waals surface area contributed by atoms with Crippen LogP contribution in [0.5, 0.6) is 0 Å². The van der Waals surface area contributed by atoms with Crippen LogP contribution >= 0.6 is 22.6 Å². The van der Waals surface area contributed by atoms with Gasteiger partial charge in [0.05, 0.1) is 3.42 Å². The van der Waals surface area contributed by atoms with Crippen molar-refractivity contribution >= 4 is 22.6 Å². The molecule has 0 aromatic rings. The monoisotopic (exact) mass is 223 g/mol. The highest BCUT2D eigenvalue weighted by Gasteiger charge is 2.28. The van der Waals surface area contributed by atoms with Gasteiger partial charge in [0.2, 0.25) is 0 Å². The molecule has 1 saturated heterocycles. The van der Waals surface area contributed by atoms with Gasteiger partial charge in [0.15, 0.2) is 0 Å². The lowest BCUT2D eigenvalue weighted by molar-refractivity contribution is 0.790. The third kappa shape index (κ3) is 1.05. The number of alkyl halides is 1. The fraction of sp³-hybridized carbons (Fsp3) is 0.667. The lowest BCUT2D eigenvalue weighted by Gasteiger charge is -2.13. The number of rotatable bonds is 0. The van der Waals surface area contributed by atoms with Crippen molar-refractivity contribution in [2.45, 2.75) is 10.3 Å². The van der Waals surface area contributed by atoms with Gasteiger partial charge < -0.3 is 5.32 Å². The second-order valence-electron chi connectivity index (χ2n) is 2.40. The summed E-state index contributed by atoms with van der Waals surface area (Å²) in [5, 5.41) is 3.26. The van der Waals surface area contributed by atoms with Crippen LogP contribution in [0.4, 0.5) is 0 Å². The Morgan fingerprint density at radius 3 is 2.62 bits per heavy atom. The highest BCUT2D eigenvalue weighted by atomic mass is 127. The van der Waals surface area contributed by atoms with E-state index in [1.54, 1.807) is 0 Å². The summed E-state index contributed by atoms with van der Waals surface area (Å²) >= 11 is 2.43. The molecule has 1 nitrogen and oxygen atoms in total. The molecule has 0 unspecified atom stereocenters. The van der Waals surface area contributed by atoms with E-state index in [0.29, 0.717) is 3.42 Å². The van der Waals surface area contributed by atoms with E-state index in [0.717, 1.165) is 13.1 Å². The van der Waals surface area contributed by atoms with Gasteiger partial charge in [0.1, 0.15) is 0 Å². The lowest BCUT2D eigenvalue weighted by atomic mass is 10.1. The predicted octanol–water partition coefficient (Wildman–Crippen LogP) is 1.34. The van der Waals surface area contributed by atoms with Crippen molar-refractivity contribution in [1.29, 1.82) is 0 Å². The minimum Gasteiger partial charge on any atom is -0.311 e. The van der Waals surface area contributed by atoms with E-state index in [-0.39, 0.29) is 0 Å². The first-order chi connectivity index (χ1) is 3.63. The standard InChI is InChI=1S/C6H10IN/c1-5-3-8-4-6(5,2)7/h8H,1,3-4H2,2H3/t6-/m0/s1. The van der Waals surface area contributed by atoms with Crippen LogP contribution in [0.1, 0.15) is 6.92 Å². The highest BCUT2D eigenvalue weighted by Crippen LogP contribution is 2.28. The Hall–Kier alpha value is 0.430. The average Bonchev–Trinajstić information content (AvgIpc) is 1.86. The first kappa shape index (κ1) is 6.55. The van der Waals surface area contributed by atoms with Crippen LogP contribution in [-0.4, -0.2) is 16.5 Å². The molecule has 0 saturated carbocycles. The molecule has 1 fully saturated rings. The van der Waals surface area contributed by atoms with Crippen molar-refractivity contribution in [1.82, 2.24) is 5.32 Å². The van der Waals surface area contributed by atoms with Gasteiger partial charge in [-0.15, -0.1) is 0 Å². The SMILES string of the molecule is C=C1CNC[C@]1(C)I. The summed E-state index contributed by atoms with van der Waals surface area (Å²) in [5.41, 5.74) is 1.32. The van der Waals surface area contributed by atoms with Crippen LogP contribution in [0.2, 0.25) is 0 Å². The molecule has 0 amide bonds. The van der Waals surface area contributed by atoms with E-state index in [9.17, 15) is 0 Å². The molecule has 0 spiro atoms. The molecule has 2 heteroatoms. The Kier molecular flexibility index (Phi) is 1.63. The maximum absolute atomic E-state index is 3.94. The van der Waals surface area contributed by atoms with E-state index in [1.165, 1.54) is 5.57 Å². The quantitative estimate of drug-likeness (QED) is 0.371. The molecular formula is C6H10IN. The van der Waals surface area contributed by atoms with Crippen molar-refractivity contribution < 1.29 is 0 Å². The zero-order valence-electron chi connectivity index (χ0n) is 5.00. The third-order valence-electron chi connectivity index (χ3n) is 1.53. The topological polar surface area (TPSA) is 12.0 Å². The maximum Gasteiger partial charge on any atom is 0.0536 e. The summed E-state index contributed by atoms with van der Waals surface area (Å²) in [7, 11) is 0. The molecular weight excluding hydrogens is 213 g/mol. The summed E-state index contributed by atoms with van der Waals surface area (Å²) < 4.78 is 0.317. The predicted molar refractivity (Wildman–Crippen MR) is 44.4 cm³/mol. The number of hydrogen-bond acceptors (Lipinski definition) is 1. The molecule has 0 bridgehead atoms. The smallest absolute Gasteiger partial charge is 0.0536 e. The van der Waals surface area contributed by atoms with Gasteiger partial charge in [-0.2, -0.15) is 0 Å². The molecule has 46 valence electrons. The van der Waals surface area contributed by atoms with Crippen LogP contribution in [0.15, 0.2) is 12.2 Å². The van der Waals surface area contributed by atoms with E-state index in [2.05, 4.69) is 41.4 Å². The summed E-state index contributed by atoms with van der Waals surface area (Å²) in [6.07, 6.45) is 0. The summed E-state index contributed by atoms with van der Waals surface area (Å²) in [5.74, 6) is 0. The Morgan fingerprint density at radius 1 is 1.88 bits per heavy atom. The Morgan fingerprint density at radius 2 is 2.50 bits per heavy atom. The van der Waals surface area contributed by atoms with Crippen molar-refractivity contribution in [3.63, 3.8) is 0 Å². The van der Waals surface area contributed by atoms with Crippen molar-refractivity contribution in [2.24, 2.45) is 0 Å². The Labute approximate surface area is 63.7 Å². The third-order valence-corrected chi connectivity index (χ3v) is 2.68. The van der Waals surface area contributed by atoms with Crippen LogP contribution in [0.3, 0.4) is 0 Å². The van der Waals surface area contributed by atoms with Crippen LogP contribution in [-0.2, 0) is 0 Å². The van der Waals surface area contributed by atoms with Crippen molar-refractivity contribution in [3.8, 4) is 0 Å². The van der Waals surface area contributed by atoms with Gasteiger partial charge in [-0.3, -0.25) is 0 Å². The second-order valence-corrected chi connectivity index (χ2v) is 4.79. The maximum atomic E-state index is 3.94. The van der Waals surface area contributed by atoms with Gasteiger partial charge in [-0.25, -0.2) is 0 Å². The van der Waals surface area contributed by atoms with Gasteiger partial charge in [0.25, 0.3) is 0 Å². The van der Waals surface area contributed by atoms with E-state index in [4.69, 9.17) is 0 Å². The number of halogens is 1. The number of hydrogen-bond donors (Lipinski definition) is 1. The average molecular weight is 223 g/mol. The first-order valence-electron chi connectivity index (χ1n) is 2.71. The minimum absolute atomic E-state index is 0.317. The summed E-state index contributed by atoms with van der Waals surface area (Å²) in [4.78, 5) is 0. The Balaban J connectivity index is 2.68. The highest BCUT2D eigenvalue weighted by molar-refractivity contribution is 14.1. The summed E-state index contributed by atoms with van der Waals surface area (Å²) in [6.45, 7) is 8.22. The molecule has 0 aromatic heterocycles. The minimum atomic E-state index is 0.317. The van der Waals surface area contributed by atoms with Gasteiger partial charge >= 0.3 is 0 Å². The zero-order valence-corrected chi connectivity index (χ0v) is 7.16. The fourth-order valence-electron chi connectivity index (χ4n) is 0.757. The van der Waals surface area contributed by atoms with Crippen LogP contribution in [0.25, 0.3) is 0 Å². The molecule has 1 heterocycles. The molecule has 0 radical (unpaired) electrons. The normalized spacial score (nSPS) is 38.5. The largest absolute Gasteiger partial charge is 0.311 e. The lowest BCUT2D eigenvalue weighted by Crippen LogP contribution is -2.19. The van der Waals surface area contributed by atoms with E-state index >= 15 is 0 Å². The zero-order chi connectivity index (χ0) is 6.20. The summed E-state index contributed by atoms with van der Waals surface area (Å²) in [6, 6.07) is 0. The van der Waals surface area contributed by atoms with E-state index in [1.807, 2.05) is 0 Å². The molecule has 1 rings (SSSR count). The van der Waals surface area contributed by atoms with Crippen LogP contribution in [0, 0.1) is 0 Å². The molecule has 0 aromatic carbocycles. The van der Waals surface area contributed by atoms with Crippen molar-refractivity contribution in [3.05, 3.63) is 12.2 Å². The van der Waals surface area contributed by atoms with E-state index < -0.39 is 0 Å². The van der Waals surface area contributed by atoms with Crippen LogP contribution < -0.4 is 5.32 Å². The Bertz CT molecular complexity index is 118.